The molecule has 0 atom stereocenters. The Labute approximate surface area is 771 Å². The van der Waals surface area contributed by atoms with Crippen LogP contribution in [-0.2, 0) is 16.2 Å². The van der Waals surface area contributed by atoms with E-state index in [0.29, 0.717) is 39.3 Å². The molecule has 0 radical (unpaired) electrons. The Balaban J connectivity index is 0.000000159. The van der Waals surface area contributed by atoms with Gasteiger partial charge in [0.2, 0.25) is 0 Å². The number of hydrogen-bond acceptors (Lipinski definition) is 18. The van der Waals surface area contributed by atoms with E-state index in [9.17, 15) is 91.9 Å². The van der Waals surface area contributed by atoms with Crippen LogP contribution in [0.1, 0.15) is 214 Å². The highest BCUT2D eigenvalue weighted by Gasteiger charge is 2.35. The highest BCUT2D eigenvalue weighted by molar-refractivity contribution is 5.64. The largest absolute Gasteiger partial charge is 0.508 e. The summed E-state index contributed by atoms with van der Waals surface area (Å²) in [5.74, 6) is 0.229. The first kappa shape index (κ1) is 97.3. The average molecular weight is 1780 g/mol. The lowest BCUT2D eigenvalue weighted by atomic mass is 9.71. The molecule has 18 heteroatoms. The van der Waals surface area contributed by atoms with Crippen LogP contribution in [0.3, 0.4) is 0 Å². The van der Waals surface area contributed by atoms with Crippen molar-refractivity contribution >= 4 is 0 Å². The van der Waals surface area contributed by atoms with E-state index >= 15 is 0 Å². The van der Waals surface area contributed by atoms with Crippen molar-refractivity contribution in [2.45, 2.75) is 159 Å². The summed E-state index contributed by atoms with van der Waals surface area (Å²) in [4.78, 5) is 0. The second-order valence-corrected chi connectivity index (χ2v) is 35.8. The van der Waals surface area contributed by atoms with Crippen molar-refractivity contribution in [3.8, 4) is 103 Å². The lowest BCUT2D eigenvalue weighted by Crippen LogP contribution is -2.25. The molecule has 0 bridgehead atoms. The molecule has 0 heterocycles. The smallest absolute Gasteiger partial charge is 0.200 e. The first-order chi connectivity index (χ1) is 62.1. The predicted molar refractivity (Wildman–Crippen MR) is 521 cm³/mol. The van der Waals surface area contributed by atoms with Gasteiger partial charge in [0.1, 0.15) is 74.7 Å². The van der Waals surface area contributed by atoms with Crippen molar-refractivity contribution in [2.24, 2.45) is 0 Å². The Morgan fingerprint density at radius 2 is 0.470 bits per heavy atom. The van der Waals surface area contributed by atoms with E-state index in [4.69, 9.17) is 0 Å². The normalized spacial score (nSPS) is 11.4. The minimum Gasteiger partial charge on any atom is -0.508 e. The standard InChI is InChI=1S/C25H28O5.C23H24O4.2C23H24O3.C20H18O3/c1-14-19(26)10-17(11-20(14)27)24(2,3)15-6-8-16(9-7-15)25(4,5)18-12-21(28)23(30)22(29)13-18;1-12-7-17(8-13(2)22(12)26)21(16-5-6-19(24)20(25)11-16)18-9-14(3)23(27)15(4)10-18;1-13-9-18(10-14(2)22(13)25)21(17-5-7-20(24)8-6-17)19-11-15(3)23(26)16(4)12-19;1-13-9-15(3)21(19(25)11-13)23(17-7-5-6-8-18(17)24)22-16(4)10-14(2)12-20(22)26;1-20(14-2-8-17(21)9-3-14,15-4-10-18(22)11-5-15)16-6-12-19(23)13-7-16/h6-13,26-30H,1-5H3;5-11,21,24-27H,1-4H3;5-12,21,24-26H,1-4H3;5-12,23-26H,1-4H3;2-13,21-23H,1H3. The first-order valence-electron chi connectivity index (χ1n) is 43.3. The molecule has 0 aromatic heterocycles. The van der Waals surface area contributed by atoms with Crippen molar-refractivity contribution in [1.82, 2.24) is 0 Å². The zero-order valence-electron chi connectivity index (χ0n) is 77.6. The lowest BCUT2D eigenvalue weighted by molar-refractivity contribution is 0.365. The van der Waals surface area contributed by atoms with Gasteiger partial charge < -0.3 is 91.9 Å². The van der Waals surface area contributed by atoms with Crippen molar-refractivity contribution in [2.75, 3.05) is 0 Å². The number of phenolic OH excluding ortho intramolecular Hbond substituents is 18. The van der Waals surface area contributed by atoms with E-state index < -0.39 is 27.9 Å². The molecule has 132 heavy (non-hydrogen) atoms. The number of phenols is 18. The van der Waals surface area contributed by atoms with Crippen molar-refractivity contribution in [1.29, 1.82) is 0 Å². The van der Waals surface area contributed by atoms with Crippen LogP contribution in [0.15, 0.2) is 261 Å². The van der Waals surface area contributed by atoms with Crippen LogP contribution in [0, 0.1) is 90.0 Å². The third-order valence-corrected chi connectivity index (χ3v) is 25.3. The van der Waals surface area contributed by atoms with Gasteiger partial charge in [-0.25, -0.2) is 0 Å². The van der Waals surface area contributed by atoms with E-state index in [1.165, 1.54) is 18.2 Å². The van der Waals surface area contributed by atoms with E-state index in [1.807, 2.05) is 256 Å². The lowest BCUT2D eigenvalue weighted by Gasteiger charge is -2.32. The van der Waals surface area contributed by atoms with Gasteiger partial charge in [0.15, 0.2) is 28.7 Å². The summed E-state index contributed by atoms with van der Waals surface area (Å²) >= 11 is 0. The summed E-state index contributed by atoms with van der Waals surface area (Å²) in [6.45, 7) is 34.5. The highest BCUT2D eigenvalue weighted by Crippen LogP contribution is 2.50. The molecule has 0 fully saturated rings. The molecule has 15 aromatic carbocycles. The Bertz CT molecular complexity index is 6150. The molecule has 18 nitrogen and oxygen atoms in total. The number of hydrogen-bond donors (Lipinski definition) is 18. The Kier molecular flexibility index (Phi) is 29.3. The van der Waals surface area contributed by atoms with E-state index in [0.717, 1.165) is 134 Å². The van der Waals surface area contributed by atoms with E-state index in [2.05, 4.69) is 6.92 Å². The van der Waals surface area contributed by atoms with E-state index in [1.54, 1.807) is 104 Å². The second-order valence-electron chi connectivity index (χ2n) is 35.8. The van der Waals surface area contributed by atoms with Gasteiger partial charge in [0.25, 0.3) is 0 Å². The molecule has 0 aliphatic carbocycles. The number of aromatic hydroxyl groups is 18. The van der Waals surface area contributed by atoms with Crippen LogP contribution < -0.4 is 0 Å². The molecule has 682 valence electrons. The highest BCUT2D eigenvalue weighted by atomic mass is 16.3. The maximum Gasteiger partial charge on any atom is 0.200 e. The number of para-hydroxylation sites is 1. The fraction of sp³-hybridized carbons (Fsp3) is 0.211. The Hall–Kier alpha value is -15.3. The molecule has 0 aliphatic rings. The van der Waals surface area contributed by atoms with Crippen molar-refractivity contribution < 1.29 is 91.9 Å². The third kappa shape index (κ3) is 21.2. The molecule has 15 rings (SSSR count). The summed E-state index contributed by atoms with van der Waals surface area (Å²) in [6, 6.07) is 77.6. The maximum atomic E-state index is 10.7. The van der Waals surface area contributed by atoms with Crippen LogP contribution >= 0.6 is 0 Å². The monoisotopic (exact) mass is 1770 g/mol. The van der Waals surface area contributed by atoms with Crippen LogP contribution in [0.25, 0.3) is 0 Å². The van der Waals surface area contributed by atoms with Crippen LogP contribution in [0.5, 0.6) is 103 Å². The summed E-state index contributed by atoms with van der Waals surface area (Å²) in [6.07, 6.45) is 0. The molecule has 0 saturated carbocycles. The molecule has 0 unspecified atom stereocenters. The number of rotatable bonds is 16. The summed E-state index contributed by atoms with van der Waals surface area (Å²) in [7, 11) is 0. The van der Waals surface area contributed by atoms with Crippen LogP contribution in [0.2, 0.25) is 0 Å². The van der Waals surface area contributed by atoms with Gasteiger partial charge in [0.05, 0.1) is 0 Å². The zero-order valence-corrected chi connectivity index (χ0v) is 77.6. The molecule has 18 N–H and O–H groups in total. The molecule has 0 amide bonds. The Morgan fingerprint density at radius 1 is 0.189 bits per heavy atom. The Morgan fingerprint density at radius 3 is 0.773 bits per heavy atom. The van der Waals surface area contributed by atoms with Gasteiger partial charge in [-0.05, 0) is 339 Å². The summed E-state index contributed by atoms with van der Waals surface area (Å²) in [5, 5.41) is 180. The maximum absolute atomic E-state index is 10.7. The van der Waals surface area contributed by atoms with Gasteiger partial charge in [-0.2, -0.15) is 0 Å². The predicted octanol–water partition coefficient (Wildman–Crippen LogP) is 24.7. The minimum absolute atomic E-state index is 0.0581. The number of aryl methyl sites for hydroxylation is 12. The van der Waals surface area contributed by atoms with Gasteiger partial charge >= 0.3 is 0 Å². The SMILES string of the molecule is CC(c1ccc(O)cc1)(c1ccc(O)cc1)c1ccc(O)cc1.Cc1c(O)cc(C(C)(C)c2ccc(C(C)(C)c3cc(O)c(O)c(O)c3)cc2)cc1O.Cc1cc(C(c2cc(C)c(O)c(C)c2)c2ccc(O)c(O)c2)cc(C)c1O.Cc1cc(C(c2ccc(O)cc2)c2cc(C)c(O)c(C)c2)cc(C)c1O.Cc1cc(C)c(C(c2ccccc2O)c2c(C)cc(C)cc2O)c(O)c1. The van der Waals surface area contributed by atoms with Gasteiger partial charge in [0, 0.05) is 56.3 Å². The topological polar surface area (TPSA) is 364 Å². The fourth-order valence-corrected chi connectivity index (χ4v) is 17.5. The van der Waals surface area contributed by atoms with Gasteiger partial charge in [-0.15, -0.1) is 0 Å². The molecule has 0 aliphatic heterocycles. The molecule has 15 aromatic rings. The zero-order chi connectivity index (χ0) is 96.8. The third-order valence-electron chi connectivity index (χ3n) is 25.3. The number of benzene rings is 15. The molecular weight excluding hydrogens is 1660 g/mol. The van der Waals surface area contributed by atoms with Crippen molar-refractivity contribution in [3.05, 3.63) is 422 Å². The molecule has 0 saturated heterocycles. The average Bonchev–Trinajstić information content (AvgIpc) is 0.778. The summed E-state index contributed by atoms with van der Waals surface area (Å²) in [5.41, 5.74) is 23.5. The molecule has 0 spiro atoms. The van der Waals surface area contributed by atoms with Crippen LogP contribution in [-0.4, -0.2) is 91.9 Å². The van der Waals surface area contributed by atoms with Gasteiger partial charge in [-0.1, -0.05) is 185 Å². The fourth-order valence-electron chi connectivity index (χ4n) is 17.5. The minimum atomic E-state index is -0.536. The summed E-state index contributed by atoms with van der Waals surface area (Å²) < 4.78 is 0. The quantitative estimate of drug-likeness (QED) is 0.0316. The van der Waals surface area contributed by atoms with Crippen molar-refractivity contribution in [3.63, 3.8) is 0 Å². The first-order valence-corrected chi connectivity index (χ1v) is 43.3. The van der Waals surface area contributed by atoms with E-state index in [-0.39, 0.29) is 98.1 Å². The van der Waals surface area contributed by atoms with Crippen LogP contribution in [0.4, 0.5) is 0 Å². The molecular formula is C114H118O18. The second kappa shape index (κ2) is 39.7. The van der Waals surface area contributed by atoms with Gasteiger partial charge in [-0.3, -0.25) is 0 Å².